The van der Waals surface area contributed by atoms with Crippen molar-refractivity contribution in [3.8, 4) is 11.4 Å². The molecule has 0 N–H and O–H groups in total. The van der Waals surface area contributed by atoms with Gasteiger partial charge in [-0.15, -0.1) is 5.10 Å². The fourth-order valence-electron chi connectivity index (χ4n) is 2.40. The van der Waals surface area contributed by atoms with E-state index in [4.69, 9.17) is 11.6 Å². The molecule has 0 aliphatic carbocycles. The molecule has 0 spiro atoms. The number of rotatable bonds is 2. The first-order valence-electron chi connectivity index (χ1n) is 6.80. The number of fused-ring (bicyclic) bond motifs is 1. The van der Waals surface area contributed by atoms with Gasteiger partial charge in [0.25, 0.3) is 0 Å². The van der Waals surface area contributed by atoms with Crippen LogP contribution in [0.25, 0.3) is 22.2 Å². The SMILES string of the molecule is Cc1c(-c2ncc(C(C)C)c3cc(Cl)ncc23)nnn1C. The number of pyridine rings is 2. The van der Waals surface area contributed by atoms with E-state index in [0.29, 0.717) is 11.1 Å². The van der Waals surface area contributed by atoms with Crippen molar-refractivity contribution in [2.75, 3.05) is 0 Å². The van der Waals surface area contributed by atoms with Crippen molar-refractivity contribution in [1.29, 1.82) is 0 Å². The molecule has 3 aromatic heterocycles. The normalized spacial score (nSPS) is 11.5. The van der Waals surface area contributed by atoms with Crippen molar-refractivity contribution in [2.45, 2.75) is 26.7 Å². The van der Waals surface area contributed by atoms with Crippen molar-refractivity contribution in [2.24, 2.45) is 7.05 Å². The van der Waals surface area contributed by atoms with E-state index in [9.17, 15) is 0 Å². The van der Waals surface area contributed by atoms with Crippen LogP contribution in [-0.2, 0) is 7.05 Å². The van der Waals surface area contributed by atoms with Crippen LogP contribution in [0.4, 0.5) is 0 Å². The van der Waals surface area contributed by atoms with Gasteiger partial charge in [0.1, 0.15) is 16.5 Å². The summed E-state index contributed by atoms with van der Waals surface area (Å²) in [4.78, 5) is 8.80. The minimum atomic E-state index is 0.357. The smallest absolute Gasteiger partial charge is 0.135 e. The van der Waals surface area contributed by atoms with Crippen LogP contribution >= 0.6 is 11.6 Å². The lowest BCUT2D eigenvalue weighted by Gasteiger charge is -2.12. The first-order valence-corrected chi connectivity index (χ1v) is 7.17. The maximum atomic E-state index is 6.07. The molecule has 0 radical (unpaired) electrons. The zero-order valence-electron chi connectivity index (χ0n) is 12.4. The van der Waals surface area contributed by atoms with Crippen LogP contribution in [0.15, 0.2) is 18.5 Å². The molecule has 0 saturated carbocycles. The Morgan fingerprint density at radius 2 is 1.86 bits per heavy atom. The van der Waals surface area contributed by atoms with Crippen molar-refractivity contribution >= 4 is 22.4 Å². The van der Waals surface area contributed by atoms with E-state index in [0.717, 1.165) is 33.4 Å². The average molecular weight is 302 g/mol. The largest absolute Gasteiger partial charge is 0.253 e. The van der Waals surface area contributed by atoms with Gasteiger partial charge >= 0.3 is 0 Å². The molecule has 0 amide bonds. The average Bonchev–Trinajstić information content (AvgIpc) is 2.77. The first-order chi connectivity index (χ1) is 9.99. The topological polar surface area (TPSA) is 56.5 Å². The highest BCUT2D eigenvalue weighted by molar-refractivity contribution is 6.30. The summed E-state index contributed by atoms with van der Waals surface area (Å²) >= 11 is 6.07. The highest BCUT2D eigenvalue weighted by Crippen LogP contribution is 2.32. The molecule has 0 aliphatic rings. The maximum absolute atomic E-state index is 6.07. The molecule has 0 aromatic carbocycles. The lowest BCUT2D eigenvalue weighted by molar-refractivity contribution is 0.696. The second-order valence-corrected chi connectivity index (χ2v) is 5.80. The molecular weight excluding hydrogens is 286 g/mol. The van der Waals surface area contributed by atoms with Crippen LogP contribution in [0, 0.1) is 6.92 Å². The zero-order chi connectivity index (χ0) is 15.1. The van der Waals surface area contributed by atoms with E-state index in [1.165, 1.54) is 0 Å². The lowest BCUT2D eigenvalue weighted by atomic mass is 9.97. The Balaban J connectivity index is 2.36. The number of hydrogen-bond acceptors (Lipinski definition) is 4. The third-order valence-electron chi connectivity index (χ3n) is 3.72. The summed E-state index contributed by atoms with van der Waals surface area (Å²) in [6, 6.07) is 1.89. The molecule has 0 atom stereocenters. The van der Waals surface area contributed by atoms with Crippen LogP contribution in [-0.4, -0.2) is 25.0 Å². The molecule has 3 aromatic rings. The van der Waals surface area contributed by atoms with Crippen LogP contribution in [0.1, 0.15) is 31.0 Å². The van der Waals surface area contributed by atoms with Gasteiger partial charge in [-0.2, -0.15) is 0 Å². The van der Waals surface area contributed by atoms with Crippen LogP contribution in [0.2, 0.25) is 5.15 Å². The Hall–Kier alpha value is -2.01. The van der Waals surface area contributed by atoms with E-state index in [2.05, 4.69) is 34.1 Å². The van der Waals surface area contributed by atoms with Gasteiger partial charge in [0.15, 0.2) is 0 Å². The Bertz CT molecular complexity index is 822. The summed E-state index contributed by atoms with van der Waals surface area (Å²) < 4.78 is 1.74. The molecule has 0 saturated heterocycles. The van der Waals surface area contributed by atoms with Gasteiger partial charge in [-0.1, -0.05) is 30.7 Å². The van der Waals surface area contributed by atoms with E-state index in [-0.39, 0.29) is 0 Å². The van der Waals surface area contributed by atoms with Gasteiger partial charge in [0.05, 0.1) is 5.69 Å². The van der Waals surface area contributed by atoms with Gasteiger partial charge in [0.2, 0.25) is 0 Å². The second kappa shape index (κ2) is 5.07. The highest BCUT2D eigenvalue weighted by Gasteiger charge is 2.17. The molecule has 3 heterocycles. The predicted octanol–water partition coefficient (Wildman–Crippen LogP) is 3.51. The Morgan fingerprint density at radius 1 is 1.10 bits per heavy atom. The minimum Gasteiger partial charge on any atom is -0.253 e. The molecule has 0 bridgehead atoms. The molecule has 0 fully saturated rings. The van der Waals surface area contributed by atoms with Crippen molar-refractivity contribution in [3.63, 3.8) is 0 Å². The number of halogens is 1. The number of hydrogen-bond donors (Lipinski definition) is 0. The van der Waals surface area contributed by atoms with Gasteiger partial charge in [-0.05, 0) is 29.9 Å². The minimum absolute atomic E-state index is 0.357. The number of nitrogens with zero attached hydrogens (tertiary/aromatic N) is 5. The standard InChI is InChI=1S/C15H16ClN5/c1-8(2)11-6-18-15(14-9(3)21(4)20-19-14)12-7-17-13(16)5-10(11)12/h5-8H,1-4H3. The Kier molecular flexibility index (Phi) is 3.37. The number of aromatic nitrogens is 5. The van der Waals surface area contributed by atoms with E-state index in [1.54, 1.807) is 10.9 Å². The maximum Gasteiger partial charge on any atom is 0.135 e. The summed E-state index contributed by atoms with van der Waals surface area (Å²) in [7, 11) is 1.87. The Labute approximate surface area is 128 Å². The van der Waals surface area contributed by atoms with Gasteiger partial charge in [0, 0.05) is 24.8 Å². The summed E-state index contributed by atoms with van der Waals surface area (Å²) in [5, 5.41) is 10.8. The monoisotopic (exact) mass is 301 g/mol. The highest BCUT2D eigenvalue weighted by atomic mass is 35.5. The molecule has 0 aliphatic heterocycles. The molecule has 108 valence electrons. The van der Waals surface area contributed by atoms with E-state index < -0.39 is 0 Å². The van der Waals surface area contributed by atoms with Gasteiger partial charge < -0.3 is 0 Å². The summed E-state index contributed by atoms with van der Waals surface area (Å²) in [6.07, 6.45) is 3.66. The fraction of sp³-hybridized carbons (Fsp3) is 0.333. The fourth-order valence-corrected chi connectivity index (χ4v) is 2.56. The van der Waals surface area contributed by atoms with Crippen LogP contribution in [0.5, 0.6) is 0 Å². The van der Waals surface area contributed by atoms with Crippen LogP contribution in [0.3, 0.4) is 0 Å². The summed E-state index contributed by atoms with van der Waals surface area (Å²) in [5.74, 6) is 0.357. The molecule has 3 rings (SSSR count). The molecule has 21 heavy (non-hydrogen) atoms. The molecule has 6 heteroatoms. The van der Waals surface area contributed by atoms with Crippen molar-refractivity contribution < 1.29 is 0 Å². The molecule has 0 unspecified atom stereocenters. The second-order valence-electron chi connectivity index (χ2n) is 5.42. The molecule has 5 nitrogen and oxygen atoms in total. The van der Waals surface area contributed by atoms with E-state index >= 15 is 0 Å². The van der Waals surface area contributed by atoms with Gasteiger partial charge in [-0.3, -0.25) is 9.67 Å². The summed E-state index contributed by atoms with van der Waals surface area (Å²) in [6.45, 7) is 6.25. The van der Waals surface area contributed by atoms with Crippen molar-refractivity contribution in [1.82, 2.24) is 25.0 Å². The van der Waals surface area contributed by atoms with Gasteiger partial charge in [-0.25, -0.2) is 4.98 Å². The first kappa shape index (κ1) is 13.9. The van der Waals surface area contributed by atoms with E-state index in [1.807, 2.05) is 26.2 Å². The van der Waals surface area contributed by atoms with Crippen LogP contribution < -0.4 is 0 Å². The third kappa shape index (κ3) is 2.27. The lowest BCUT2D eigenvalue weighted by Crippen LogP contribution is -1.97. The number of aryl methyl sites for hydroxylation is 1. The predicted molar refractivity (Wildman–Crippen MR) is 83.4 cm³/mol. The third-order valence-corrected chi connectivity index (χ3v) is 3.93. The van der Waals surface area contributed by atoms with Crippen molar-refractivity contribution in [3.05, 3.63) is 34.9 Å². The molecular formula is C15H16ClN5. The zero-order valence-corrected chi connectivity index (χ0v) is 13.2. The Morgan fingerprint density at radius 3 is 2.48 bits per heavy atom. The summed E-state index contributed by atoms with van der Waals surface area (Å²) in [5.41, 5.74) is 3.70. The quantitative estimate of drug-likeness (QED) is 0.680.